The van der Waals surface area contributed by atoms with Crippen molar-refractivity contribution in [3.05, 3.63) is 38.7 Å². The van der Waals surface area contributed by atoms with Crippen LogP contribution in [0, 0.1) is 0 Å². The smallest absolute Gasteiger partial charge is 0.325 e. The van der Waals surface area contributed by atoms with Crippen LogP contribution < -0.4 is 16.6 Å². The van der Waals surface area contributed by atoms with Crippen molar-refractivity contribution in [1.29, 1.82) is 0 Å². The number of nitrogens with one attached hydrogen (secondary N) is 3. The summed E-state index contributed by atoms with van der Waals surface area (Å²) in [4.78, 5) is 38.3. The topological polar surface area (TPSA) is 115 Å². The van der Waals surface area contributed by atoms with E-state index in [1.54, 1.807) is 23.5 Å². The van der Waals surface area contributed by atoms with Crippen LogP contribution in [0.4, 0.5) is 0 Å². The summed E-state index contributed by atoms with van der Waals surface area (Å²) in [6, 6.07) is -0.340. The first kappa shape index (κ1) is 17.6. The van der Waals surface area contributed by atoms with Gasteiger partial charge in [-0.1, -0.05) is 0 Å². The van der Waals surface area contributed by atoms with E-state index < -0.39 is 17.2 Å². The molecule has 0 bridgehead atoms. The van der Waals surface area contributed by atoms with Crippen molar-refractivity contribution in [2.45, 2.75) is 6.04 Å². The summed E-state index contributed by atoms with van der Waals surface area (Å²) in [5, 5.41) is 12.7. The van der Waals surface area contributed by atoms with Gasteiger partial charge in [-0.25, -0.2) is 4.79 Å². The number of H-pyrrole nitrogens is 2. The van der Waals surface area contributed by atoms with Crippen molar-refractivity contribution in [2.24, 2.45) is 0 Å². The summed E-state index contributed by atoms with van der Waals surface area (Å²) >= 11 is 3.29. The van der Waals surface area contributed by atoms with E-state index in [1.165, 1.54) is 18.3 Å². The first-order chi connectivity index (χ1) is 10.1. The highest BCUT2D eigenvalue weighted by atomic mass is 32.2. The van der Waals surface area contributed by atoms with E-state index in [4.69, 9.17) is 0 Å². The highest BCUT2D eigenvalue weighted by molar-refractivity contribution is 8.15. The molecule has 1 rings (SSSR count). The number of aromatic nitrogens is 2. The Balaban J connectivity index is 2.57. The fourth-order valence-electron chi connectivity index (χ4n) is 1.37. The maximum Gasteiger partial charge on any atom is 0.325 e. The Bertz CT molecular complexity index is 597. The summed E-state index contributed by atoms with van der Waals surface area (Å²) in [6.07, 6.45) is 5.69. The van der Waals surface area contributed by atoms with Crippen molar-refractivity contribution in [3.8, 4) is 0 Å². The molecule has 0 saturated carbocycles. The minimum Gasteiger partial charge on any atom is -0.394 e. The molecule has 0 aromatic carbocycles. The summed E-state index contributed by atoms with van der Waals surface area (Å²) in [7, 11) is 0. The number of hydrogen-bond donors (Lipinski definition) is 4. The van der Waals surface area contributed by atoms with E-state index >= 15 is 0 Å². The van der Waals surface area contributed by atoms with Crippen molar-refractivity contribution >= 4 is 35.5 Å². The second kappa shape index (κ2) is 9.48. The molecule has 21 heavy (non-hydrogen) atoms. The lowest BCUT2D eigenvalue weighted by Crippen LogP contribution is -2.38. The van der Waals surface area contributed by atoms with Crippen LogP contribution in [0.5, 0.6) is 0 Å². The van der Waals surface area contributed by atoms with Gasteiger partial charge < -0.3 is 15.4 Å². The lowest BCUT2D eigenvalue weighted by atomic mass is 10.3. The highest BCUT2D eigenvalue weighted by Gasteiger charge is 2.09. The van der Waals surface area contributed by atoms with E-state index in [0.717, 1.165) is 5.08 Å². The van der Waals surface area contributed by atoms with Gasteiger partial charge in [0, 0.05) is 23.1 Å². The molecule has 1 aromatic heterocycles. The molecular formula is C12H17N3O4S2. The van der Waals surface area contributed by atoms with E-state index in [9.17, 15) is 19.5 Å². The molecule has 116 valence electrons. The Labute approximate surface area is 129 Å². The van der Waals surface area contributed by atoms with Gasteiger partial charge in [0.15, 0.2) is 0 Å². The van der Waals surface area contributed by atoms with Crippen LogP contribution in [0.25, 0.3) is 6.08 Å². The number of thioether (sulfide) groups is 2. The average Bonchev–Trinajstić information content (AvgIpc) is 2.45. The molecule has 1 atom stereocenters. The number of aliphatic hydroxyl groups excluding tert-OH is 1. The first-order valence-electron chi connectivity index (χ1n) is 6.05. The zero-order valence-corrected chi connectivity index (χ0v) is 13.1. The largest absolute Gasteiger partial charge is 0.394 e. The zero-order valence-electron chi connectivity index (χ0n) is 11.4. The monoisotopic (exact) mass is 331 g/mol. The minimum absolute atomic E-state index is 0.153. The van der Waals surface area contributed by atoms with Crippen LogP contribution in [0.3, 0.4) is 0 Å². The molecule has 0 aliphatic heterocycles. The van der Waals surface area contributed by atoms with Crippen LogP contribution in [0.1, 0.15) is 5.56 Å². The molecule has 0 radical (unpaired) electrons. The quantitative estimate of drug-likeness (QED) is 0.293. The predicted molar refractivity (Wildman–Crippen MR) is 86.6 cm³/mol. The molecule has 1 unspecified atom stereocenters. The van der Waals surface area contributed by atoms with E-state index in [2.05, 4.69) is 15.3 Å². The Hall–Kier alpha value is -1.45. The molecule has 0 saturated heterocycles. The number of aliphatic hydroxyl groups is 1. The number of rotatable bonds is 8. The standard InChI is InChI=1S/C12H17N3O4S2/c1-20-7-21-6-9(5-16)14-10(17)3-2-8-4-13-12(19)15-11(8)18/h2-4,9,16H,5-7H2,1H3,(H,14,17)(H2,13,15,18,19)/b3-2+. The minimum atomic E-state index is -0.604. The number of carbonyl (C=O) groups excluding carboxylic acids is 1. The molecule has 1 amide bonds. The van der Waals surface area contributed by atoms with Gasteiger partial charge in [0.2, 0.25) is 5.91 Å². The normalized spacial score (nSPS) is 12.5. The number of carbonyl (C=O) groups is 1. The third-order valence-electron chi connectivity index (χ3n) is 2.35. The van der Waals surface area contributed by atoms with Crippen LogP contribution in [0.15, 0.2) is 21.9 Å². The van der Waals surface area contributed by atoms with Gasteiger partial charge in [-0.2, -0.15) is 11.8 Å². The molecule has 0 aliphatic rings. The van der Waals surface area contributed by atoms with Crippen molar-refractivity contribution < 1.29 is 9.90 Å². The number of aromatic amines is 2. The lowest BCUT2D eigenvalue weighted by Gasteiger charge is -2.14. The molecule has 9 heteroatoms. The zero-order chi connectivity index (χ0) is 15.7. The fourth-order valence-corrected chi connectivity index (χ4v) is 2.90. The summed E-state index contributed by atoms with van der Waals surface area (Å²) in [5.41, 5.74) is -1.01. The van der Waals surface area contributed by atoms with Crippen LogP contribution in [-0.2, 0) is 4.79 Å². The Morgan fingerprint density at radius 2 is 2.29 bits per heavy atom. The molecular weight excluding hydrogens is 314 g/mol. The summed E-state index contributed by atoms with van der Waals surface area (Å²) in [5.74, 6) is 0.195. The molecule has 0 spiro atoms. The average molecular weight is 331 g/mol. The van der Waals surface area contributed by atoms with Gasteiger partial charge in [0.25, 0.3) is 5.56 Å². The van der Waals surface area contributed by atoms with E-state index in [1.807, 2.05) is 6.26 Å². The van der Waals surface area contributed by atoms with E-state index in [-0.39, 0.29) is 18.2 Å². The fraction of sp³-hybridized carbons (Fsp3) is 0.417. The van der Waals surface area contributed by atoms with Crippen molar-refractivity contribution in [1.82, 2.24) is 15.3 Å². The van der Waals surface area contributed by atoms with Gasteiger partial charge in [-0.15, -0.1) is 11.8 Å². The SMILES string of the molecule is CSCSCC(CO)NC(=O)/C=C/c1c[nH]c(=O)[nH]c1=O. The van der Waals surface area contributed by atoms with Crippen LogP contribution >= 0.6 is 23.5 Å². The number of amides is 1. The maximum absolute atomic E-state index is 11.7. The van der Waals surface area contributed by atoms with Crippen LogP contribution in [0.2, 0.25) is 0 Å². The van der Waals surface area contributed by atoms with Gasteiger partial charge in [0.05, 0.1) is 18.2 Å². The summed E-state index contributed by atoms with van der Waals surface area (Å²) in [6.45, 7) is -0.153. The first-order valence-corrected chi connectivity index (χ1v) is 8.59. The Kier molecular flexibility index (Phi) is 7.95. The van der Waals surface area contributed by atoms with Crippen molar-refractivity contribution in [2.75, 3.05) is 23.7 Å². The molecule has 0 aliphatic carbocycles. The highest BCUT2D eigenvalue weighted by Crippen LogP contribution is 2.09. The molecule has 7 nitrogen and oxygen atoms in total. The maximum atomic E-state index is 11.7. The molecule has 0 fully saturated rings. The number of hydrogen-bond acceptors (Lipinski definition) is 6. The third-order valence-corrected chi connectivity index (χ3v) is 4.60. The van der Waals surface area contributed by atoms with Crippen LogP contribution in [-0.4, -0.2) is 50.7 Å². The van der Waals surface area contributed by atoms with E-state index in [0.29, 0.717) is 5.75 Å². The Morgan fingerprint density at radius 3 is 2.90 bits per heavy atom. The van der Waals surface area contributed by atoms with Gasteiger partial charge in [-0.3, -0.25) is 14.6 Å². The molecule has 4 N–H and O–H groups in total. The van der Waals surface area contributed by atoms with Crippen molar-refractivity contribution in [3.63, 3.8) is 0 Å². The molecule has 1 aromatic rings. The second-order valence-electron chi connectivity index (χ2n) is 4.03. The summed E-state index contributed by atoms with van der Waals surface area (Å²) < 4.78 is 0. The molecule has 1 heterocycles. The third kappa shape index (κ3) is 6.69. The van der Waals surface area contributed by atoms with Gasteiger partial charge in [-0.05, 0) is 12.3 Å². The van der Waals surface area contributed by atoms with Gasteiger partial charge in [0.1, 0.15) is 0 Å². The van der Waals surface area contributed by atoms with Gasteiger partial charge >= 0.3 is 5.69 Å². The second-order valence-corrected chi connectivity index (χ2v) is 6.29. The lowest BCUT2D eigenvalue weighted by molar-refractivity contribution is -0.117. The predicted octanol–water partition coefficient (Wildman–Crippen LogP) is -0.393. The Morgan fingerprint density at radius 1 is 1.52 bits per heavy atom.